The zero-order chi connectivity index (χ0) is 10.7. The van der Waals surface area contributed by atoms with Crippen LogP contribution >= 0.6 is 0 Å². The highest BCUT2D eigenvalue weighted by molar-refractivity contribution is 4.92. The van der Waals surface area contributed by atoms with E-state index in [1.165, 1.54) is 38.6 Å². The van der Waals surface area contributed by atoms with Crippen molar-refractivity contribution in [3.8, 4) is 0 Å². The first kappa shape index (κ1) is 11.2. The lowest BCUT2D eigenvalue weighted by molar-refractivity contribution is 0.0250. The highest BCUT2D eigenvalue weighted by Gasteiger charge is 2.36. The highest BCUT2D eigenvalue weighted by atomic mass is 16.3. The van der Waals surface area contributed by atoms with Crippen LogP contribution in [0.1, 0.15) is 38.5 Å². The van der Waals surface area contributed by atoms with Gasteiger partial charge in [-0.25, -0.2) is 0 Å². The van der Waals surface area contributed by atoms with Crippen LogP contribution in [0, 0.1) is 5.92 Å². The van der Waals surface area contributed by atoms with E-state index < -0.39 is 0 Å². The van der Waals surface area contributed by atoms with E-state index >= 15 is 0 Å². The Labute approximate surface area is 93.0 Å². The summed E-state index contributed by atoms with van der Waals surface area (Å²) in [6.45, 7) is 6.01. The van der Waals surface area contributed by atoms with E-state index in [4.69, 9.17) is 0 Å². The normalized spacial score (nSPS) is 38.1. The Bertz CT molecular complexity index is 217. The van der Waals surface area contributed by atoms with Gasteiger partial charge in [-0.3, -0.25) is 4.90 Å². The SMILES string of the molecule is C=CCN1CCCC1C1CCCCC1O. The van der Waals surface area contributed by atoms with Crippen molar-refractivity contribution in [2.75, 3.05) is 13.1 Å². The molecule has 1 N–H and O–H groups in total. The molecule has 1 aliphatic carbocycles. The van der Waals surface area contributed by atoms with Crippen LogP contribution in [0.3, 0.4) is 0 Å². The number of aliphatic hydroxyl groups excluding tert-OH is 1. The molecule has 1 aliphatic heterocycles. The topological polar surface area (TPSA) is 23.5 Å². The lowest BCUT2D eigenvalue weighted by atomic mass is 9.80. The Balaban J connectivity index is 1.97. The molecular weight excluding hydrogens is 186 g/mol. The second kappa shape index (κ2) is 5.13. The predicted molar refractivity (Wildman–Crippen MR) is 62.8 cm³/mol. The highest BCUT2D eigenvalue weighted by Crippen LogP contribution is 2.34. The molecule has 1 heterocycles. The fourth-order valence-electron chi connectivity index (χ4n) is 3.32. The smallest absolute Gasteiger partial charge is 0.0583 e. The molecule has 0 amide bonds. The molecule has 2 fully saturated rings. The summed E-state index contributed by atoms with van der Waals surface area (Å²) in [6, 6.07) is 0.623. The first-order chi connectivity index (χ1) is 7.33. The quantitative estimate of drug-likeness (QED) is 0.720. The van der Waals surface area contributed by atoms with E-state index in [1.54, 1.807) is 0 Å². The lowest BCUT2D eigenvalue weighted by Gasteiger charge is -2.36. The van der Waals surface area contributed by atoms with Crippen LogP contribution in [0.25, 0.3) is 0 Å². The Morgan fingerprint density at radius 3 is 2.73 bits per heavy atom. The third-order valence-electron chi connectivity index (χ3n) is 4.05. The van der Waals surface area contributed by atoms with Crippen molar-refractivity contribution in [2.45, 2.75) is 50.7 Å². The van der Waals surface area contributed by atoms with Crippen LogP contribution < -0.4 is 0 Å². The van der Waals surface area contributed by atoms with Crippen molar-refractivity contribution >= 4 is 0 Å². The van der Waals surface area contributed by atoms with Crippen molar-refractivity contribution in [1.82, 2.24) is 4.90 Å². The molecule has 3 unspecified atom stereocenters. The van der Waals surface area contributed by atoms with E-state index in [0.717, 1.165) is 13.0 Å². The van der Waals surface area contributed by atoms with Crippen molar-refractivity contribution in [3.63, 3.8) is 0 Å². The molecule has 15 heavy (non-hydrogen) atoms. The number of rotatable bonds is 3. The molecule has 0 aromatic rings. The maximum absolute atomic E-state index is 10.1. The maximum atomic E-state index is 10.1. The third-order valence-corrected chi connectivity index (χ3v) is 4.05. The van der Waals surface area contributed by atoms with Crippen LogP contribution in [-0.4, -0.2) is 35.2 Å². The van der Waals surface area contributed by atoms with Gasteiger partial charge in [0.2, 0.25) is 0 Å². The van der Waals surface area contributed by atoms with Gasteiger partial charge in [0.15, 0.2) is 0 Å². The Hall–Kier alpha value is -0.340. The van der Waals surface area contributed by atoms with Gasteiger partial charge in [-0.2, -0.15) is 0 Å². The van der Waals surface area contributed by atoms with Gasteiger partial charge in [0.1, 0.15) is 0 Å². The average Bonchev–Trinajstić information content (AvgIpc) is 2.67. The average molecular weight is 209 g/mol. The van der Waals surface area contributed by atoms with Crippen molar-refractivity contribution in [1.29, 1.82) is 0 Å². The fourth-order valence-corrected chi connectivity index (χ4v) is 3.32. The molecule has 86 valence electrons. The van der Waals surface area contributed by atoms with Gasteiger partial charge in [0.05, 0.1) is 6.10 Å². The van der Waals surface area contributed by atoms with Gasteiger partial charge >= 0.3 is 0 Å². The van der Waals surface area contributed by atoms with E-state index in [1.807, 2.05) is 6.08 Å². The van der Waals surface area contributed by atoms with Crippen LogP contribution in [0.4, 0.5) is 0 Å². The number of hydrogen-bond donors (Lipinski definition) is 1. The number of aliphatic hydroxyl groups is 1. The van der Waals surface area contributed by atoms with Gasteiger partial charge in [0.25, 0.3) is 0 Å². The first-order valence-electron chi connectivity index (χ1n) is 6.36. The zero-order valence-electron chi connectivity index (χ0n) is 9.57. The monoisotopic (exact) mass is 209 g/mol. The molecule has 1 saturated carbocycles. The van der Waals surface area contributed by atoms with Crippen molar-refractivity contribution < 1.29 is 5.11 Å². The summed E-state index contributed by atoms with van der Waals surface area (Å²) in [6.07, 6.45) is 9.27. The molecular formula is C13H23NO. The van der Waals surface area contributed by atoms with Gasteiger partial charge in [0, 0.05) is 18.5 Å². The summed E-state index contributed by atoms with van der Waals surface area (Å²) < 4.78 is 0. The first-order valence-corrected chi connectivity index (χ1v) is 6.36. The van der Waals surface area contributed by atoms with Crippen molar-refractivity contribution in [3.05, 3.63) is 12.7 Å². The number of hydrogen-bond acceptors (Lipinski definition) is 2. The minimum Gasteiger partial charge on any atom is -0.393 e. The number of likely N-dealkylation sites (tertiary alicyclic amines) is 1. The summed E-state index contributed by atoms with van der Waals surface area (Å²) in [7, 11) is 0. The summed E-state index contributed by atoms with van der Waals surface area (Å²) in [4.78, 5) is 2.51. The molecule has 3 atom stereocenters. The largest absolute Gasteiger partial charge is 0.393 e. The minimum atomic E-state index is -0.0471. The second-order valence-corrected chi connectivity index (χ2v) is 5.01. The van der Waals surface area contributed by atoms with Crippen LogP contribution in [0.15, 0.2) is 12.7 Å². The van der Waals surface area contributed by atoms with Gasteiger partial charge < -0.3 is 5.11 Å². The molecule has 0 spiro atoms. The summed E-state index contributed by atoms with van der Waals surface area (Å²) >= 11 is 0. The standard InChI is InChI=1S/C13H23NO/c1-2-9-14-10-5-7-12(14)11-6-3-4-8-13(11)15/h2,11-13,15H,1,3-10H2. The summed E-state index contributed by atoms with van der Waals surface area (Å²) in [5.74, 6) is 0.529. The van der Waals surface area contributed by atoms with E-state index in [9.17, 15) is 5.11 Å². The van der Waals surface area contributed by atoms with E-state index in [0.29, 0.717) is 12.0 Å². The number of nitrogens with zero attached hydrogens (tertiary/aromatic N) is 1. The van der Waals surface area contributed by atoms with Crippen molar-refractivity contribution in [2.24, 2.45) is 5.92 Å². The Kier molecular flexibility index (Phi) is 3.81. The zero-order valence-corrected chi connectivity index (χ0v) is 9.57. The minimum absolute atomic E-state index is 0.0471. The molecule has 0 aromatic carbocycles. The summed E-state index contributed by atoms with van der Waals surface area (Å²) in [5.41, 5.74) is 0. The van der Waals surface area contributed by atoms with Gasteiger partial charge in [-0.15, -0.1) is 6.58 Å². The van der Waals surface area contributed by atoms with E-state index in [-0.39, 0.29) is 6.10 Å². The fraction of sp³-hybridized carbons (Fsp3) is 0.846. The van der Waals surface area contributed by atoms with Crippen LogP contribution in [0.2, 0.25) is 0 Å². The van der Waals surface area contributed by atoms with Crippen LogP contribution in [0.5, 0.6) is 0 Å². The molecule has 2 nitrogen and oxygen atoms in total. The second-order valence-electron chi connectivity index (χ2n) is 5.01. The molecule has 0 radical (unpaired) electrons. The van der Waals surface area contributed by atoms with Crippen LogP contribution in [-0.2, 0) is 0 Å². The molecule has 1 saturated heterocycles. The maximum Gasteiger partial charge on any atom is 0.0583 e. The molecule has 0 aromatic heterocycles. The molecule has 2 aliphatic rings. The molecule has 2 heteroatoms. The van der Waals surface area contributed by atoms with Gasteiger partial charge in [-0.1, -0.05) is 18.9 Å². The Morgan fingerprint density at radius 1 is 1.20 bits per heavy atom. The van der Waals surface area contributed by atoms with E-state index in [2.05, 4.69) is 11.5 Å². The summed E-state index contributed by atoms with van der Waals surface area (Å²) in [5, 5.41) is 10.1. The molecule has 0 bridgehead atoms. The Morgan fingerprint density at radius 2 is 2.00 bits per heavy atom. The third kappa shape index (κ3) is 2.43. The predicted octanol–water partition coefficient (Wildman–Crippen LogP) is 2.19. The molecule has 2 rings (SSSR count). The van der Waals surface area contributed by atoms with Gasteiger partial charge in [-0.05, 0) is 32.2 Å². The lowest BCUT2D eigenvalue weighted by Crippen LogP contribution is -2.42.